The molecule has 5 unspecified atom stereocenters. The Kier molecular flexibility index (Phi) is 10.7. The Morgan fingerprint density at radius 1 is 0.882 bits per heavy atom. The summed E-state index contributed by atoms with van der Waals surface area (Å²) in [5.41, 5.74) is 2.65. The number of aliphatic carboxylic acids is 1. The summed E-state index contributed by atoms with van der Waals surface area (Å²) in [6, 6.07) is 0. The van der Waals surface area contributed by atoms with Crippen molar-refractivity contribution in [2.75, 3.05) is 26.2 Å². The first-order valence-corrected chi connectivity index (χ1v) is 21.3. The highest BCUT2D eigenvalue weighted by Crippen LogP contribution is 2.78. The average molecular weight is 705 g/mol. The van der Waals surface area contributed by atoms with Crippen molar-refractivity contribution in [2.45, 2.75) is 158 Å². The maximum atomic E-state index is 11.8. The summed E-state index contributed by atoms with van der Waals surface area (Å²) in [5, 5.41) is 18.6. The van der Waals surface area contributed by atoms with E-state index >= 15 is 0 Å². The number of hydrogen-bond donors (Lipinski definition) is 2. The molecule has 0 bridgehead atoms. The SMILES string of the molecule is C=C(CN1CCCCC1)OCCC12CC[C@@H](C(=C)C)[C@@H]1C1CC[C@@H]3C4(C)CCC(CC(=N)CC(C)(C)C(=O)O)C(C)(C)[C@@H]4CCC3(C)[C@]1(C)CC2. The third-order valence-electron chi connectivity index (χ3n) is 18.0. The summed E-state index contributed by atoms with van der Waals surface area (Å²) in [5.74, 6) is 4.09. The molecule has 6 fully saturated rings. The predicted octanol–water partition coefficient (Wildman–Crippen LogP) is 11.6. The van der Waals surface area contributed by atoms with Gasteiger partial charge in [0.15, 0.2) is 0 Å². The lowest BCUT2D eigenvalue weighted by Gasteiger charge is -2.73. The standard InChI is InChI=1S/C46H76N2O3/c1-31(2)35-17-21-46(24-27-51-32(3)30-48-25-12-11-13-26-48)23-22-44(9)36(39(35)46)14-15-38-43(8)19-16-33(28-34(47)29-41(4,5)40(49)50)42(6,7)37(43)18-20-45(38,44)10/h33,35-39,47H,1,3,11-30H2,2,4-10H3,(H,49,50)/t33?,35-,36?,37-,38+,39+,43?,44+,45?,46?/m0/s1. The van der Waals surface area contributed by atoms with E-state index in [2.05, 4.69) is 59.6 Å². The zero-order chi connectivity index (χ0) is 37.2. The molecule has 0 radical (unpaired) electrons. The summed E-state index contributed by atoms with van der Waals surface area (Å²) in [4.78, 5) is 14.4. The molecule has 5 heteroatoms. The number of ether oxygens (including phenoxy) is 1. The highest BCUT2D eigenvalue weighted by Gasteiger charge is 2.70. The molecule has 10 atom stereocenters. The number of fused-ring (bicyclic) bond motifs is 7. The van der Waals surface area contributed by atoms with Crippen molar-refractivity contribution in [3.63, 3.8) is 0 Å². The van der Waals surface area contributed by atoms with Crippen LogP contribution in [0.25, 0.3) is 0 Å². The van der Waals surface area contributed by atoms with Gasteiger partial charge < -0.3 is 15.3 Å². The Labute approximate surface area is 312 Å². The number of nitrogens with zero attached hydrogens (tertiary/aromatic N) is 1. The fourth-order valence-corrected chi connectivity index (χ4v) is 14.9. The fourth-order valence-electron chi connectivity index (χ4n) is 14.9. The second kappa shape index (κ2) is 13.9. The smallest absolute Gasteiger partial charge is 0.309 e. The number of piperidine rings is 1. The van der Waals surface area contributed by atoms with E-state index in [1.54, 1.807) is 13.8 Å². The highest BCUT2D eigenvalue weighted by molar-refractivity contribution is 5.87. The highest BCUT2D eigenvalue weighted by atomic mass is 16.5. The fraction of sp³-hybridized carbons (Fsp3) is 0.870. The van der Waals surface area contributed by atoms with Crippen molar-refractivity contribution in [3.8, 4) is 0 Å². The van der Waals surface area contributed by atoms with E-state index in [1.165, 1.54) is 102 Å². The Hall–Kier alpha value is -1.62. The van der Waals surface area contributed by atoms with Crippen LogP contribution in [-0.2, 0) is 9.53 Å². The molecule has 6 aliphatic rings. The number of hydrogen-bond acceptors (Lipinski definition) is 4. The van der Waals surface area contributed by atoms with Crippen molar-refractivity contribution >= 4 is 11.7 Å². The lowest BCUT2D eigenvalue weighted by Crippen LogP contribution is -2.66. The van der Waals surface area contributed by atoms with Gasteiger partial charge in [0.05, 0.1) is 18.6 Å². The van der Waals surface area contributed by atoms with E-state index in [0.29, 0.717) is 57.5 Å². The van der Waals surface area contributed by atoms with Gasteiger partial charge in [-0.1, -0.05) is 59.8 Å². The molecule has 0 amide bonds. The molecular weight excluding hydrogens is 629 g/mol. The first kappa shape index (κ1) is 39.1. The van der Waals surface area contributed by atoms with Gasteiger partial charge in [0.1, 0.15) is 5.76 Å². The molecule has 5 aliphatic carbocycles. The van der Waals surface area contributed by atoms with Gasteiger partial charge in [0.25, 0.3) is 0 Å². The van der Waals surface area contributed by atoms with E-state index in [4.69, 9.17) is 10.1 Å². The average Bonchev–Trinajstić information content (AvgIpc) is 3.43. The monoisotopic (exact) mass is 705 g/mol. The molecule has 0 aromatic heterocycles. The first-order valence-electron chi connectivity index (χ1n) is 21.3. The third kappa shape index (κ3) is 6.62. The van der Waals surface area contributed by atoms with E-state index in [9.17, 15) is 9.90 Å². The summed E-state index contributed by atoms with van der Waals surface area (Å²) in [7, 11) is 0. The molecule has 5 nitrogen and oxygen atoms in total. The first-order chi connectivity index (χ1) is 23.8. The largest absolute Gasteiger partial charge is 0.497 e. The number of carbonyl (C=O) groups is 1. The third-order valence-corrected chi connectivity index (χ3v) is 18.0. The molecule has 1 heterocycles. The maximum Gasteiger partial charge on any atom is 0.309 e. The van der Waals surface area contributed by atoms with E-state index < -0.39 is 11.4 Å². The van der Waals surface area contributed by atoms with Crippen molar-refractivity contribution in [1.29, 1.82) is 5.41 Å². The minimum Gasteiger partial charge on any atom is -0.497 e. The molecule has 0 aromatic carbocycles. The molecule has 0 spiro atoms. The predicted molar refractivity (Wildman–Crippen MR) is 211 cm³/mol. The number of likely N-dealkylation sites (tertiary alicyclic amines) is 1. The summed E-state index contributed by atoms with van der Waals surface area (Å²) in [6.07, 6.45) is 19.3. The summed E-state index contributed by atoms with van der Waals surface area (Å²) >= 11 is 0. The van der Waals surface area contributed by atoms with Gasteiger partial charge in [0, 0.05) is 12.1 Å². The molecule has 0 aromatic rings. The number of rotatable bonds is 12. The van der Waals surface area contributed by atoms with Gasteiger partial charge in [-0.25, -0.2) is 0 Å². The van der Waals surface area contributed by atoms with Crippen LogP contribution in [0.15, 0.2) is 24.5 Å². The zero-order valence-electron chi connectivity index (χ0n) is 34.2. The van der Waals surface area contributed by atoms with Gasteiger partial charge in [-0.3, -0.25) is 9.69 Å². The van der Waals surface area contributed by atoms with Crippen LogP contribution in [0.2, 0.25) is 0 Å². The Balaban J connectivity index is 1.18. The van der Waals surface area contributed by atoms with Gasteiger partial charge in [-0.2, -0.15) is 0 Å². The molecule has 288 valence electrons. The van der Waals surface area contributed by atoms with Gasteiger partial charge in [-0.05, 0) is 186 Å². The van der Waals surface area contributed by atoms with Crippen molar-refractivity contribution < 1.29 is 14.6 Å². The second-order valence-corrected chi connectivity index (χ2v) is 21.3. The van der Waals surface area contributed by atoms with Crippen LogP contribution in [-0.4, -0.2) is 47.9 Å². The Morgan fingerprint density at radius 3 is 2.25 bits per heavy atom. The second-order valence-electron chi connectivity index (χ2n) is 21.3. The minimum atomic E-state index is -0.875. The van der Waals surface area contributed by atoms with E-state index in [0.717, 1.165) is 43.6 Å². The van der Waals surface area contributed by atoms with E-state index in [1.807, 2.05) is 0 Å². The van der Waals surface area contributed by atoms with Crippen molar-refractivity contribution in [3.05, 3.63) is 24.5 Å². The topological polar surface area (TPSA) is 73.6 Å². The summed E-state index contributed by atoms with van der Waals surface area (Å²) < 4.78 is 6.47. The quantitative estimate of drug-likeness (QED) is 0.120. The Morgan fingerprint density at radius 2 is 1.59 bits per heavy atom. The van der Waals surface area contributed by atoms with Crippen LogP contribution in [0.4, 0.5) is 0 Å². The molecule has 2 N–H and O–H groups in total. The normalized spacial score (nSPS) is 42.1. The van der Waals surface area contributed by atoms with Crippen LogP contribution in [0.5, 0.6) is 0 Å². The molecule has 5 saturated carbocycles. The van der Waals surface area contributed by atoms with Gasteiger partial charge in [0.2, 0.25) is 0 Å². The van der Waals surface area contributed by atoms with Crippen molar-refractivity contribution in [1.82, 2.24) is 4.90 Å². The zero-order valence-corrected chi connectivity index (χ0v) is 34.2. The Bertz CT molecular complexity index is 1360. The summed E-state index contributed by atoms with van der Waals surface area (Å²) in [6.45, 7) is 32.2. The van der Waals surface area contributed by atoms with Crippen LogP contribution in [0, 0.1) is 73.4 Å². The van der Waals surface area contributed by atoms with Crippen LogP contribution < -0.4 is 0 Å². The molecule has 51 heavy (non-hydrogen) atoms. The van der Waals surface area contributed by atoms with Crippen LogP contribution in [0.1, 0.15) is 158 Å². The molecule has 1 aliphatic heterocycles. The molecule has 1 saturated heterocycles. The number of carboxylic acids is 1. The lowest BCUT2D eigenvalue weighted by molar-refractivity contribution is -0.243. The van der Waals surface area contributed by atoms with Gasteiger partial charge >= 0.3 is 5.97 Å². The number of nitrogens with one attached hydrogen (secondary N) is 1. The van der Waals surface area contributed by atoms with Gasteiger partial charge in [-0.15, -0.1) is 0 Å². The van der Waals surface area contributed by atoms with Crippen molar-refractivity contribution in [2.24, 2.45) is 68.0 Å². The number of carboxylic acid groups (broad SMARTS) is 1. The maximum absolute atomic E-state index is 11.8. The number of allylic oxidation sites excluding steroid dienone is 1. The molecule has 6 rings (SSSR count). The van der Waals surface area contributed by atoms with E-state index in [-0.39, 0.29) is 5.41 Å². The lowest BCUT2D eigenvalue weighted by atomic mass is 9.31. The minimum absolute atomic E-state index is 0.141. The van der Waals surface area contributed by atoms with Crippen LogP contribution >= 0.6 is 0 Å². The van der Waals surface area contributed by atoms with Crippen LogP contribution in [0.3, 0.4) is 0 Å². The molecular formula is C46H76N2O3.